The van der Waals surface area contributed by atoms with Crippen LogP contribution >= 0.6 is 0 Å². The van der Waals surface area contributed by atoms with Crippen LogP contribution in [0.2, 0.25) is 0 Å². The first-order chi connectivity index (χ1) is 15.7. The van der Waals surface area contributed by atoms with Crippen molar-refractivity contribution in [1.82, 2.24) is 15.2 Å². The van der Waals surface area contributed by atoms with Crippen molar-refractivity contribution in [3.8, 4) is 0 Å². The Labute approximate surface area is 189 Å². The van der Waals surface area contributed by atoms with Crippen molar-refractivity contribution in [3.05, 3.63) is 59.8 Å². The van der Waals surface area contributed by atoms with Gasteiger partial charge in [-0.1, -0.05) is 30.3 Å². The molecular weight excluding hydrogens is 404 g/mol. The van der Waals surface area contributed by atoms with Crippen molar-refractivity contribution in [3.63, 3.8) is 0 Å². The fourth-order valence-electron chi connectivity index (χ4n) is 4.26. The Morgan fingerprint density at radius 1 is 1.09 bits per heavy atom. The predicted molar refractivity (Wildman–Crippen MR) is 124 cm³/mol. The van der Waals surface area contributed by atoms with E-state index in [1.165, 1.54) is 5.56 Å². The van der Waals surface area contributed by atoms with E-state index in [0.29, 0.717) is 44.3 Å². The number of aromatic nitrogens is 1. The Bertz CT molecular complexity index is 895. The number of pyridine rings is 1. The molecule has 1 saturated heterocycles. The molecule has 1 saturated carbocycles. The Morgan fingerprint density at radius 2 is 1.88 bits per heavy atom. The molecule has 32 heavy (non-hydrogen) atoms. The summed E-state index contributed by atoms with van der Waals surface area (Å²) in [6.45, 7) is 6.81. The van der Waals surface area contributed by atoms with Crippen LogP contribution in [0, 0.1) is 5.92 Å². The largest absolute Gasteiger partial charge is 0.382 e. The summed E-state index contributed by atoms with van der Waals surface area (Å²) in [5, 5.41) is 2.89. The van der Waals surface area contributed by atoms with Gasteiger partial charge in [0.2, 0.25) is 5.91 Å². The fraction of sp³-hybridized carbons (Fsp3) is 0.480. The molecule has 2 unspecified atom stereocenters. The summed E-state index contributed by atoms with van der Waals surface area (Å²) in [7, 11) is 0. The molecule has 1 aliphatic carbocycles. The number of nitrogens with zero attached hydrogens (tertiary/aromatic N) is 3. The molecule has 2 aromatic rings. The molecule has 1 aromatic carbocycles. The van der Waals surface area contributed by atoms with Crippen molar-refractivity contribution in [2.75, 3.05) is 50.8 Å². The van der Waals surface area contributed by atoms with E-state index >= 15 is 0 Å². The van der Waals surface area contributed by atoms with Crippen LogP contribution in [-0.4, -0.2) is 67.6 Å². The Morgan fingerprint density at radius 3 is 2.56 bits per heavy atom. The minimum atomic E-state index is -0.117. The zero-order valence-corrected chi connectivity index (χ0v) is 18.7. The number of anilines is 1. The van der Waals surface area contributed by atoms with Gasteiger partial charge in [-0.15, -0.1) is 0 Å². The van der Waals surface area contributed by atoms with E-state index in [4.69, 9.17) is 4.74 Å². The summed E-state index contributed by atoms with van der Waals surface area (Å²) in [6.07, 6.45) is 3.38. The van der Waals surface area contributed by atoms with Gasteiger partial charge in [0.1, 0.15) is 5.82 Å². The zero-order valence-electron chi connectivity index (χ0n) is 18.7. The highest BCUT2D eigenvalue weighted by Crippen LogP contribution is 2.48. The van der Waals surface area contributed by atoms with Crippen molar-refractivity contribution in [1.29, 1.82) is 0 Å². The number of carbonyl (C=O) groups excluding carboxylic acids is 2. The smallest absolute Gasteiger partial charge is 0.252 e. The quantitative estimate of drug-likeness (QED) is 0.612. The Balaban J connectivity index is 1.22. The molecule has 7 nitrogen and oxygen atoms in total. The highest BCUT2D eigenvalue weighted by molar-refractivity contribution is 5.94. The number of ether oxygens (including phenoxy) is 1. The molecule has 1 aromatic heterocycles. The molecule has 1 N–H and O–H groups in total. The first kappa shape index (κ1) is 22.3. The van der Waals surface area contributed by atoms with E-state index in [2.05, 4.69) is 27.3 Å². The van der Waals surface area contributed by atoms with Crippen LogP contribution < -0.4 is 10.2 Å². The van der Waals surface area contributed by atoms with Gasteiger partial charge in [0.05, 0.1) is 5.56 Å². The van der Waals surface area contributed by atoms with Gasteiger partial charge in [-0.05, 0) is 43.4 Å². The number of benzene rings is 1. The fourth-order valence-corrected chi connectivity index (χ4v) is 4.26. The topological polar surface area (TPSA) is 74.8 Å². The van der Waals surface area contributed by atoms with Gasteiger partial charge < -0.3 is 19.9 Å². The zero-order chi connectivity index (χ0) is 22.3. The SMILES string of the molecule is CCOCCCNC(=O)c1ccc(N2CCN(C(=O)C3CC3c3ccccc3)CC2)nc1. The van der Waals surface area contributed by atoms with Crippen LogP contribution in [0.1, 0.15) is 41.6 Å². The van der Waals surface area contributed by atoms with E-state index in [9.17, 15) is 9.59 Å². The lowest BCUT2D eigenvalue weighted by molar-refractivity contribution is -0.133. The number of hydrogen-bond donors (Lipinski definition) is 1. The van der Waals surface area contributed by atoms with Crippen LogP contribution in [0.3, 0.4) is 0 Å². The summed E-state index contributed by atoms with van der Waals surface area (Å²) < 4.78 is 5.27. The lowest BCUT2D eigenvalue weighted by Crippen LogP contribution is -2.49. The molecule has 0 bridgehead atoms. The van der Waals surface area contributed by atoms with E-state index < -0.39 is 0 Å². The molecule has 2 aliphatic rings. The van der Waals surface area contributed by atoms with Crippen molar-refractivity contribution in [2.45, 2.75) is 25.7 Å². The van der Waals surface area contributed by atoms with Crippen LogP contribution in [0.15, 0.2) is 48.7 Å². The molecule has 0 radical (unpaired) electrons. The average molecular weight is 437 g/mol. The first-order valence-electron chi connectivity index (χ1n) is 11.6. The molecule has 2 amide bonds. The van der Waals surface area contributed by atoms with Gasteiger partial charge >= 0.3 is 0 Å². The lowest BCUT2D eigenvalue weighted by atomic mass is 10.1. The minimum Gasteiger partial charge on any atom is -0.382 e. The molecule has 0 spiro atoms. The normalized spacial score (nSPS) is 20.2. The molecule has 170 valence electrons. The molecule has 4 rings (SSSR count). The van der Waals surface area contributed by atoms with E-state index in [1.54, 1.807) is 6.20 Å². The third-order valence-corrected chi connectivity index (χ3v) is 6.22. The van der Waals surface area contributed by atoms with Gasteiger partial charge in [0.25, 0.3) is 5.91 Å². The summed E-state index contributed by atoms with van der Waals surface area (Å²) in [4.78, 5) is 33.8. The maximum Gasteiger partial charge on any atom is 0.252 e. The second kappa shape index (κ2) is 10.6. The number of carbonyl (C=O) groups is 2. The maximum absolute atomic E-state index is 12.9. The van der Waals surface area contributed by atoms with E-state index in [-0.39, 0.29) is 17.7 Å². The Kier molecular flexibility index (Phi) is 7.37. The molecule has 2 atom stereocenters. The third kappa shape index (κ3) is 5.46. The van der Waals surface area contributed by atoms with Gasteiger partial charge in [-0.2, -0.15) is 0 Å². The van der Waals surface area contributed by atoms with Gasteiger partial charge in [-0.25, -0.2) is 4.98 Å². The van der Waals surface area contributed by atoms with Crippen LogP contribution in [0.25, 0.3) is 0 Å². The molecule has 2 fully saturated rings. The molecule has 7 heteroatoms. The average Bonchev–Trinajstić information content (AvgIpc) is 3.65. The van der Waals surface area contributed by atoms with Gasteiger partial charge in [0.15, 0.2) is 0 Å². The third-order valence-electron chi connectivity index (χ3n) is 6.22. The molecule has 2 heterocycles. The highest BCUT2D eigenvalue weighted by Gasteiger charge is 2.46. The van der Waals surface area contributed by atoms with E-state index in [1.807, 2.05) is 42.2 Å². The summed E-state index contributed by atoms with van der Waals surface area (Å²) in [5.74, 6) is 1.52. The lowest BCUT2D eigenvalue weighted by Gasteiger charge is -2.35. The number of hydrogen-bond acceptors (Lipinski definition) is 5. The first-order valence-corrected chi connectivity index (χ1v) is 11.6. The number of piperazine rings is 1. The van der Waals surface area contributed by atoms with Crippen LogP contribution in [-0.2, 0) is 9.53 Å². The second-order valence-electron chi connectivity index (χ2n) is 8.38. The van der Waals surface area contributed by atoms with Crippen LogP contribution in [0.4, 0.5) is 5.82 Å². The van der Waals surface area contributed by atoms with E-state index in [0.717, 1.165) is 31.7 Å². The van der Waals surface area contributed by atoms with Gasteiger partial charge in [0, 0.05) is 58.1 Å². The monoisotopic (exact) mass is 436 g/mol. The van der Waals surface area contributed by atoms with Crippen molar-refractivity contribution in [2.24, 2.45) is 5.92 Å². The number of amides is 2. The number of nitrogens with one attached hydrogen (secondary N) is 1. The molecule has 1 aliphatic heterocycles. The Hall–Kier alpha value is -2.93. The summed E-state index contributed by atoms with van der Waals surface area (Å²) >= 11 is 0. The van der Waals surface area contributed by atoms with Crippen LogP contribution in [0.5, 0.6) is 0 Å². The minimum absolute atomic E-state index is 0.117. The highest BCUT2D eigenvalue weighted by atomic mass is 16.5. The predicted octanol–water partition coefficient (Wildman–Crippen LogP) is 2.69. The second-order valence-corrected chi connectivity index (χ2v) is 8.38. The van der Waals surface area contributed by atoms with Crippen molar-refractivity contribution < 1.29 is 14.3 Å². The summed E-state index contributed by atoms with van der Waals surface area (Å²) in [6, 6.07) is 14.0. The van der Waals surface area contributed by atoms with Crippen molar-refractivity contribution >= 4 is 17.6 Å². The summed E-state index contributed by atoms with van der Waals surface area (Å²) in [5.41, 5.74) is 1.83. The van der Waals surface area contributed by atoms with Gasteiger partial charge in [-0.3, -0.25) is 9.59 Å². The molecular formula is C25H32N4O3. The standard InChI is InChI=1S/C25H32N4O3/c1-2-32-16-6-11-26-24(30)20-9-10-23(27-18-20)28-12-14-29(15-13-28)25(31)22-17-21(22)19-7-4-3-5-8-19/h3-5,7-10,18,21-22H,2,6,11-17H2,1H3,(H,26,30). The number of rotatable bonds is 9. The maximum atomic E-state index is 12.9.